The van der Waals surface area contributed by atoms with Crippen LogP contribution >= 0.6 is 0 Å². The summed E-state index contributed by atoms with van der Waals surface area (Å²) in [5.41, 5.74) is 3.78. The number of nitrogens with two attached hydrogens (primary N) is 1. The zero-order valence-electron chi connectivity index (χ0n) is 12.9. The fourth-order valence-electron chi connectivity index (χ4n) is 2.19. The Bertz CT molecular complexity index is 743. The Hall–Kier alpha value is -2.54. The van der Waals surface area contributed by atoms with Gasteiger partial charge in [0.15, 0.2) is 0 Å². The van der Waals surface area contributed by atoms with Crippen molar-refractivity contribution >= 4 is 11.6 Å². The molecule has 0 saturated heterocycles. The standard InChI is InChI=1S/C17H17F3N2O2/c1-16(24,12-5-3-6-13(9-12)17(18,19)20)10-22-14-7-2-4-11(8-14)15(21)23/h2-9,22,24H,10H2,1H3,(H2,21,23). The number of primary amides is 1. The average Bonchev–Trinajstić information content (AvgIpc) is 2.53. The molecule has 2 rings (SSSR count). The normalized spacial score (nSPS) is 14.0. The Morgan fingerprint density at radius 1 is 1.12 bits per heavy atom. The van der Waals surface area contributed by atoms with Crippen molar-refractivity contribution in [3.63, 3.8) is 0 Å². The Kier molecular flexibility index (Phi) is 4.84. The van der Waals surface area contributed by atoms with Gasteiger partial charge in [0.2, 0.25) is 5.91 Å². The van der Waals surface area contributed by atoms with Crippen LogP contribution in [0.1, 0.15) is 28.4 Å². The van der Waals surface area contributed by atoms with Crippen LogP contribution in [0.15, 0.2) is 48.5 Å². The SMILES string of the molecule is CC(O)(CNc1cccc(C(N)=O)c1)c1cccc(C(F)(F)F)c1. The third-order valence-electron chi connectivity index (χ3n) is 3.60. The molecule has 1 amide bonds. The van der Waals surface area contributed by atoms with Crippen molar-refractivity contribution in [2.75, 3.05) is 11.9 Å². The summed E-state index contributed by atoms with van der Waals surface area (Å²) < 4.78 is 38.4. The van der Waals surface area contributed by atoms with Crippen LogP contribution in [0.3, 0.4) is 0 Å². The zero-order valence-corrected chi connectivity index (χ0v) is 12.9. The van der Waals surface area contributed by atoms with Gasteiger partial charge in [0, 0.05) is 17.8 Å². The van der Waals surface area contributed by atoms with Crippen molar-refractivity contribution in [1.29, 1.82) is 0 Å². The van der Waals surface area contributed by atoms with E-state index in [1.165, 1.54) is 25.1 Å². The Balaban J connectivity index is 2.17. The van der Waals surface area contributed by atoms with Crippen LogP contribution in [-0.4, -0.2) is 17.6 Å². The van der Waals surface area contributed by atoms with Gasteiger partial charge in [-0.05, 0) is 42.8 Å². The van der Waals surface area contributed by atoms with Crippen molar-refractivity contribution < 1.29 is 23.1 Å². The minimum Gasteiger partial charge on any atom is -0.384 e. The molecule has 0 aliphatic heterocycles. The number of hydrogen-bond acceptors (Lipinski definition) is 3. The Morgan fingerprint density at radius 2 is 1.75 bits per heavy atom. The number of hydrogen-bond donors (Lipinski definition) is 3. The highest BCUT2D eigenvalue weighted by atomic mass is 19.4. The summed E-state index contributed by atoms with van der Waals surface area (Å²) in [6.45, 7) is 1.37. The number of carbonyl (C=O) groups excluding carboxylic acids is 1. The van der Waals surface area contributed by atoms with Crippen LogP contribution in [0.5, 0.6) is 0 Å². The van der Waals surface area contributed by atoms with Crippen LogP contribution in [0.4, 0.5) is 18.9 Å². The Labute approximate surface area is 137 Å². The number of anilines is 1. The smallest absolute Gasteiger partial charge is 0.384 e. The third kappa shape index (κ3) is 4.26. The maximum Gasteiger partial charge on any atom is 0.416 e. The van der Waals surface area contributed by atoms with Crippen LogP contribution in [-0.2, 0) is 11.8 Å². The van der Waals surface area contributed by atoms with Crippen molar-refractivity contribution in [3.05, 3.63) is 65.2 Å². The molecule has 0 aliphatic carbocycles. The fraction of sp³-hybridized carbons (Fsp3) is 0.235. The highest BCUT2D eigenvalue weighted by Crippen LogP contribution is 2.32. The maximum absolute atomic E-state index is 12.8. The first-order valence-electron chi connectivity index (χ1n) is 7.13. The first-order valence-corrected chi connectivity index (χ1v) is 7.13. The molecule has 0 fully saturated rings. The molecule has 0 heterocycles. The van der Waals surface area contributed by atoms with Crippen molar-refractivity contribution in [2.24, 2.45) is 5.73 Å². The molecule has 4 nitrogen and oxygen atoms in total. The number of aliphatic hydroxyl groups is 1. The number of benzene rings is 2. The van der Waals surface area contributed by atoms with E-state index in [1.54, 1.807) is 18.2 Å². The number of nitrogens with one attached hydrogen (secondary N) is 1. The molecule has 1 unspecified atom stereocenters. The predicted octanol–water partition coefficient (Wildman–Crippen LogP) is 3.12. The molecule has 7 heteroatoms. The van der Waals surface area contributed by atoms with E-state index >= 15 is 0 Å². The van der Waals surface area contributed by atoms with Gasteiger partial charge < -0.3 is 16.2 Å². The summed E-state index contributed by atoms with van der Waals surface area (Å²) >= 11 is 0. The monoisotopic (exact) mass is 338 g/mol. The molecule has 0 spiro atoms. The van der Waals surface area contributed by atoms with E-state index in [9.17, 15) is 23.1 Å². The Morgan fingerprint density at radius 3 is 2.38 bits per heavy atom. The molecule has 128 valence electrons. The first-order chi connectivity index (χ1) is 11.1. The molecule has 0 bridgehead atoms. The van der Waals surface area contributed by atoms with Gasteiger partial charge >= 0.3 is 6.18 Å². The lowest BCUT2D eigenvalue weighted by Gasteiger charge is -2.25. The van der Waals surface area contributed by atoms with Gasteiger partial charge in [-0.1, -0.05) is 18.2 Å². The second kappa shape index (κ2) is 6.52. The van der Waals surface area contributed by atoms with Crippen LogP contribution in [0.2, 0.25) is 0 Å². The molecule has 4 N–H and O–H groups in total. The largest absolute Gasteiger partial charge is 0.416 e. The maximum atomic E-state index is 12.8. The summed E-state index contributed by atoms with van der Waals surface area (Å²) in [5.74, 6) is -0.594. The molecule has 24 heavy (non-hydrogen) atoms. The lowest BCUT2D eigenvalue weighted by molar-refractivity contribution is -0.137. The second-order valence-electron chi connectivity index (χ2n) is 5.65. The number of halogens is 3. The molecular formula is C17H17F3N2O2. The van der Waals surface area contributed by atoms with Crippen LogP contribution in [0.25, 0.3) is 0 Å². The van der Waals surface area contributed by atoms with Crippen molar-refractivity contribution in [3.8, 4) is 0 Å². The van der Waals surface area contributed by atoms with Gasteiger partial charge in [0.1, 0.15) is 5.60 Å². The summed E-state index contributed by atoms with van der Waals surface area (Å²) in [4.78, 5) is 11.1. The number of carbonyl (C=O) groups is 1. The minimum atomic E-state index is -4.48. The van der Waals surface area contributed by atoms with E-state index in [4.69, 9.17) is 5.73 Å². The molecule has 1 atom stereocenters. The number of rotatable bonds is 5. The summed E-state index contributed by atoms with van der Waals surface area (Å²) in [7, 11) is 0. The summed E-state index contributed by atoms with van der Waals surface area (Å²) in [5, 5.41) is 13.4. The van der Waals surface area contributed by atoms with Crippen LogP contribution in [0, 0.1) is 0 Å². The molecule has 0 saturated carbocycles. The zero-order chi connectivity index (χ0) is 18.0. The molecule has 0 aromatic heterocycles. The molecule has 2 aromatic rings. The summed E-state index contributed by atoms with van der Waals surface area (Å²) in [6.07, 6.45) is -4.48. The van der Waals surface area contributed by atoms with Gasteiger partial charge in [0.05, 0.1) is 5.56 Å². The van der Waals surface area contributed by atoms with E-state index in [0.29, 0.717) is 11.3 Å². The van der Waals surface area contributed by atoms with Gasteiger partial charge in [-0.3, -0.25) is 4.79 Å². The minimum absolute atomic E-state index is 0.0451. The molecular weight excluding hydrogens is 321 g/mol. The van der Waals surface area contributed by atoms with Gasteiger partial charge in [0.25, 0.3) is 0 Å². The van der Waals surface area contributed by atoms with E-state index < -0.39 is 23.2 Å². The quantitative estimate of drug-likeness (QED) is 0.784. The number of amides is 1. The van der Waals surface area contributed by atoms with E-state index in [-0.39, 0.29) is 12.1 Å². The fourth-order valence-corrected chi connectivity index (χ4v) is 2.19. The summed E-state index contributed by atoms with van der Waals surface area (Å²) in [6, 6.07) is 10.9. The highest BCUT2D eigenvalue weighted by molar-refractivity contribution is 5.93. The van der Waals surface area contributed by atoms with Crippen molar-refractivity contribution in [1.82, 2.24) is 0 Å². The topological polar surface area (TPSA) is 75.3 Å². The van der Waals surface area contributed by atoms with Gasteiger partial charge in [-0.25, -0.2) is 0 Å². The lowest BCUT2D eigenvalue weighted by atomic mass is 9.94. The lowest BCUT2D eigenvalue weighted by Crippen LogP contribution is -2.31. The van der Waals surface area contributed by atoms with E-state index in [2.05, 4.69) is 5.32 Å². The van der Waals surface area contributed by atoms with Crippen molar-refractivity contribution in [2.45, 2.75) is 18.7 Å². The van der Waals surface area contributed by atoms with Crippen LogP contribution < -0.4 is 11.1 Å². The highest BCUT2D eigenvalue weighted by Gasteiger charge is 2.32. The number of alkyl halides is 3. The molecule has 2 aromatic carbocycles. The third-order valence-corrected chi connectivity index (χ3v) is 3.60. The second-order valence-corrected chi connectivity index (χ2v) is 5.65. The van der Waals surface area contributed by atoms with Gasteiger partial charge in [-0.15, -0.1) is 0 Å². The molecule has 0 radical (unpaired) electrons. The van der Waals surface area contributed by atoms with E-state index in [1.807, 2.05) is 0 Å². The van der Waals surface area contributed by atoms with E-state index in [0.717, 1.165) is 12.1 Å². The first kappa shape index (κ1) is 17.8. The average molecular weight is 338 g/mol. The molecule has 0 aliphatic rings. The van der Waals surface area contributed by atoms with Gasteiger partial charge in [-0.2, -0.15) is 13.2 Å². The predicted molar refractivity (Wildman–Crippen MR) is 84.5 cm³/mol.